The molecule has 0 aliphatic rings. The minimum Gasteiger partial charge on any atom is -0.756 e. The smallest absolute Gasteiger partial charge is 0.267 e. The minimum atomic E-state index is -4.38. The summed E-state index contributed by atoms with van der Waals surface area (Å²) in [5.74, 6) is 0. The predicted octanol–water partition coefficient (Wildman–Crippen LogP) is 5.44. The van der Waals surface area contributed by atoms with Crippen molar-refractivity contribution in [2.45, 2.75) is 109 Å². The lowest BCUT2D eigenvalue weighted by atomic mass is 10.0. The summed E-state index contributed by atoms with van der Waals surface area (Å²) in [4.78, 5) is 11.7. The van der Waals surface area contributed by atoms with Crippen LogP contribution in [-0.4, -0.2) is 69.8 Å². The summed E-state index contributed by atoms with van der Waals surface area (Å²) in [6.45, 7) is 3.45. The van der Waals surface area contributed by atoms with Gasteiger partial charge in [-0.15, -0.1) is 0 Å². The maximum Gasteiger partial charge on any atom is 0.267 e. The van der Waals surface area contributed by atoms with Gasteiger partial charge in [0, 0.05) is 13.0 Å². The molecule has 0 radical (unpaired) electrons. The second-order valence-electron chi connectivity index (χ2n) is 10.3. The Hall–Kier alpha value is -0.0100. The van der Waals surface area contributed by atoms with E-state index in [-0.39, 0.29) is 19.8 Å². The fraction of sp³-hybridized carbons (Fsp3) is 1.00. The maximum absolute atomic E-state index is 11.7. The van der Waals surface area contributed by atoms with Crippen molar-refractivity contribution in [1.29, 1.82) is 0 Å². The number of aliphatic hydroxyl groups excluding tert-OH is 1. The molecule has 7 nitrogen and oxygen atoms in total. The van der Waals surface area contributed by atoms with Gasteiger partial charge >= 0.3 is 0 Å². The van der Waals surface area contributed by atoms with E-state index in [0.29, 0.717) is 13.0 Å². The highest BCUT2D eigenvalue weighted by Crippen LogP contribution is 2.38. The second kappa shape index (κ2) is 21.3. The molecule has 0 aliphatic carbocycles. The minimum absolute atomic E-state index is 0.0694. The first kappa shape index (κ1) is 33.0. The van der Waals surface area contributed by atoms with E-state index in [0.717, 1.165) is 23.9 Å². The summed E-state index contributed by atoms with van der Waals surface area (Å²) in [7, 11) is 1.71. The highest BCUT2D eigenvalue weighted by atomic mass is 31.2. The molecule has 33 heavy (non-hydrogen) atoms. The van der Waals surface area contributed by atoms with E-state index in [1.54, 1.807) is 0 Å². The molecule has 0 bridgehead atoms. The topological polar surface area (TPSA) is 88.0 Å². The van der Waals surface area contributed by atoms with Gasteiger partial charge in [-0.3, -0.25) is 4.57 Å². The summed E-state index contributed by atoms with van der Waals surface area (Å²) < 4.78 is 27.5. The van der Waals surface area contributed by atoms with Crippen molar-refractivity contribution < 1.29 is 32.8 Å². The largest absolute Gasteiger partial charge is 0.756 e. The highest BCUT2D eigenvalue weighted by molar-refractivity contribution is 7.45. The van der Waals surface area contributed by atoms with Crippen LogP contribution < -0.4 is 4.89 Å². The third kappa shape index (κ3) is 26.4. The zero-order valence-electron chi connectivity index (χ0n) is 22.1. The molecule has 0 aromatic carbocycles. The van der Waals surface area contributed by atoms with Gasteiger partial charge in [-0.25, -0.2) is 0 Å². The number of nitrogens with zero attached hydrogens (tertiary/aromatic N) is 1. The van der Waals surface area contributed by atoms with Crippen LogP contribution >= 0.6 is 7.82 Å². The Morgan fingerprint density at radius 2 is 1.21 bits per heavy atom. The molecular weight excluding hydrogens is 441 g/mol. The van der Waals surface area contributed by atoms with Gasteiger partial charge in [-0.1, -0.05) is 90.4 Å². The van der Waals surface area contributed by atoms with Crippen molar-refractivity contribution in [1.82, 2.24) is 0 Å². The first-order valence-corrected chi connectivity index (χ1v) is 14.8. The van der Waals surface area contributed by atoms with Gasteiger partial charge in [0.1, 0.15) is 6.10 Å². The lowest BCUT2D eigenvalue weighted by Gasteiger charge is -2.26. The Labute approximate surface area is 204 Å². The lowest BCUT2D eigenvalue weighted by Crippen LogP contribution is -2.35. The van der Waals surface area contributed by atoms with E-state index in [1.807, 2.05) is 21.1 Å². The van der Waals surface area contributed by atoms with Gasteiger partial charge in [0.25, 0.3) is 7.82 Å². The van der Waals surface area contributed by atoms with Crippen LogP contribution in [0.2, 0.25) is 0 Å². The number of unbranched alkanes of at least 4 members (excludes halogenated alkanes) is 13. The molecule has 0 amide bonds. The third-order valence-electron chi connectivity index (χ3n) is 5.60. The number of ether oxygens (including phenoxy) is 1. The van der Waals surface area contributed by atoms with Gasteiger partial charge in [0.05, 0.1) is 47.5 Å². The summed E-state index contributed by atoms with van der Waals surface area (Å²) >= 11 is 0. The molecule has 2 unspecified atom stereocenters. The first-order valence-electron chi connectivity index (χ1n) is 13.3. The number of phosphoric acid groups is 1. The molecule has 0 rings (SSSR count). The van der Waals surface area contributed by atoms with Gasteiger partial charge < -0.3 is 28.3 Å². The van der Waals surface area contributed by atoms with Crippen LogP contribution in [0.5, 0.6) is 0 Å². The molecule has 0 fully saturated rings. The van der Waals surface area contributed by atoms with Gasteiger partial charge in [0.2, 0.25) is 0 Å². The molecule has 0 saturated carbocycles. The second-order valence-corrected chi connectivity index (χ2v) is 11.7. The molecule has 0 aromatic heterocycles. The van der Waals surface area contributed by atoms with E-state index >= 15 is 0 Å². The molecule has 0 saturated heterocycles. The molecule has 0 heterocycles. The number of quaternary nitrogens is 1. The summed E-state index contributed by atoms with van der Waals surface area (Å²) in [5, 5.41) is 9.84. The fourth-order valence-electron chi connectivity index (χ4n) is 3.60. The maximum atomic E-state index is 11.7. The van der Waals surface area contributed by atoms with Crippen LogP contribution in [0.1, 0.15) is 103 Å². The van der Waals surface area contributed by atoms with Crippen molar-refractivity contribution in [2.24, 2.45) is 0 Å². The Morgan fingerprint density at radius 3 is 1.70 bits per heavy atom. The molecular formula is C25H54NO6P. The molecule has 0 spiro atoms. The van der Waals surface area contributed by atoms with Crippen LogP contribution in [-0.2, 0) is 18.3 Å². The Morgan fingerprint density at radius 1 is 0.727 bits per heavy atom. The van der Waals surface area contributed by atoms with E-state index < -0.39 is 13.9 Å². The average Bonchev–Trinajstić information content (AvgIpc) is 2.74. The average molecular weight is 496 g/mol. The van der Waals surface area contributed by atoms with Gasteiger partial charge in [-0.05, 0) is 6.42 Å². The molecule has 0 aromatic rings. The van der Waals surface area contributed by atoms with Crippen LogP contribution in [0.3, 0.4) is 0 Å². The zero-order valence-corrected chi connectivity index (χ0v) is 23.0. The fourth-order valence-corrected chi connectivity index (χ4v) is 4.38. The molecule has 8 heteroatoms. The molecule has 2 atom stereocenters. The molecule has 1 N–H and O–H groups in total. The molecule has 200 valence electrons. The van der Waals surface area contributed by atoms with E-state index in [9.17, 15) is 14.6 Å². The number of rotatable bonds is 25. The number of hydrogen-bond acceptors (Lipinski definition) is 6. The van der Waals surface area contributed by atoms with E-state index in [4.69, 9.17) is 13.8 Å². The van der Waals surface area contributed by atoms with Crippen LogP contribution in [0.15, 0.2) is 0 Å². The van der Waals surface area contributed by atoms with Gasteiger partial charge in [0.15, 0.2) is 0 Å². The normalized spacial score (nSPS) is 15.0. The summed E-state index contributed by atoms with van der Waals surface area (Å²) in [6, 6.07) is 0. The lowest BCUT2D eigenvalue weighted by molar-refractivity contribution is -0.870. The molecule has 0 aliphatic heterocycles. The Bertz CT molecular complexity index is 472. The van der Waals surface area contributed by atoms with Crippen LogP contribution in [0, 0.1) is 0 Å². The van der Waals surface area contributed by atoms with Crippen molar-refractivity contribution in [2.75, 3.05) is 54.1 Å². The van der Waals surface area contributed by atoms with Gasteiger partial charge in [-0.2, -0.15) is 0 Å². The van der Waals surface area contributed by atoms with Crippen LogP contribution in [0.4, 0.5) is 0 Å². The standard InChI is InChI=1S/C25H54NO6P/c1-5-6-7-8-9-10-11-12-13-14-15-16-17-18-21-30-23-25(27)24-32-33(28,29)31-22-19-20-26(2,3)4/h25,27H,5-24H2,1-4H3. The third-order valence-corrected chi connectivity index (χ3v) is 6.56. The van der Waals surface area contributed by atoms with E-state index in [2.05, 4.69) is 6.92 Å². The number of phosphoric ester groups is 1. The predicted molar refractivity (Wildman–Crippen MR) is 134 cm³/mol. The van der Waals surface area contributed by atoms with Crippen molar-refractivity contribution in [3.8, 4) is 0 Å². The SMILES string of the molecule is CCCCCCCCCCCCCCCCOCC(O)COP(=O)([O-])OCCC[N+](C)(C)C. The Balaban J connectivity index is 3.41. The monoisotopic (exact) mass is 495 g/mol. The zero-order chi connectivity index (χ0) is 24.8. The first-order chi connectivity index (χ1) is 15.7. The summed E-state index contributed by atoms with van der Waals surface area (Å²) in [6.07, 6.45) is 18.0. The Kier molecular flexibility index (Phi) is 21.3. The number of hydrogen-bond donors (Lipinski definition) is 1. The summed E-state index contributed by atoms with van der Waals surface area (Å²) in [5.41, 5.74) is 0. The van der Waals surface area contributed by atoms with Crippen molar-refractivity contribution >= 4 is 7.82 Å². The van der Waals surface area contributed by atoms with Crippen molar-refractivity contribution in [3.05, 3.63) is 0 Å². The number of aliphatic hydroxyl groups is 1. The quantitative estimate of drug-likeness (QED) is 0.103. The van der Waals surface area contributed by atoms with Crippen LogP contribution in [0.25, 0.3) is 0 Å². The van der Waals surface area contributed by atoms with E-state index in [1.165, 1.54) is 77.0 Å². The highest BCUT2D eigenvalue weighted by Gasteiger charge is 2.14. The van der Waals surface area contributed by atoms with Crippen molar-refractivity contribution in [3.63, 3.8) is 0 Å².